The third-order valence-corrected chi connectivity index (χ3v) is 4.05. The molecule has 2 aromatic rings. The highest BCUT2D eigenvalue weighted by atomic mass is 35.5. The van der Waals surface area contributed by atoms with E-state index in [0.717, 1.165) is 16.8 Å². The molecule has 0 bridgehead atoms. The van der Waals surface area contributed by atoms with Gasteiger partial charge in [-0.2, -0.15) is 0 Å². The molecule has 2 aromatic carbocycles. The summed E-state index contributed by atoms with van der Waals surface area (Å²) >= 11 is 5.93. The molecule has 4 heteroatoms. The van der Waals surface area contributed by atoms with Gasteiger partial charge in [0.1, 0.15) is 5.82 Å². The highest BCUT2D eigenvalue weighted by Gasteiger charge is 2.17. The summed E-state index contributed by atoms with van der Waals surface area (Å²) in [6, 6.07) is 12.4. The van der Waals surface area contributed by atoms with Gasteiger partial charge < -0.3 is 10.6 Å². The molecule has 0 fully saturated rings. The zero-order valence-electron chi connectivity index (χ0n) is 12.5. The van der Waals surface area contributed by atoms with Crippen LogP contribution in [0.15, 0.2) is 42.5 Å². The van der Waals surface area contributed by atoms with Crippen molar-refractivity contribution in [3.05, 3.63) is 64.4 Å². The summed E-state index contributed by atoms with van der Waals surface area (Å²) in [7, 11) is 1.98. The molecule has 0 saturated heterocycles. The van der Waals surface area contributed by atoms with Crippen molar-refractivity contribution in [2.24, 2.45) is 5.73 Å². The summed E-state index contributed by atoms with van der Waals surface area (Å²) in [6.45, 7) is 3.95. The Morgan fingerprint density at radius 1 is 1.10 bits per heavy atom. The predicted molar refractivity (Wildman–Crippen MR) is 87.3 cm³/mol. The van der Waals surface area contributed by atoms with E-state index in [4.69, 9.17) is 17.3 Å². The lowest BCUT2D eigenvalue weighted by Gasteiger charge is -2.30. The smallest absolute Gasteiger partial charge is 0.123 e. The van der Waals surface area contributed by atoms with E-state index in [9.17, 15) is 4.39 Å². The number of nitrogens with two attached hydrogens (primary N) is 1. The van der Waals surface area contributed by atoms with Gasteiger partial charge >= 0.3 is 0 Å². The molecule has 1 unspecified atom stereocenters. The molecule has 21 heavy (non-hydrogen) atoms. The highest BCUT2D eigenvalue weighted by Crippen LogP contribution is 2.31. The third kappa shape index (κ3) is 3.55. The van der Waals surface area contributed by atoms with E-state index in [1.165, 1.54) is 12.1 Å². The molecule has 0 amide bonds. The maximum Gasteiger partial charge on any atom is 0.123 e. The van der Waals surface area contributed by atoms with Crippen molar-refractivity contribution in [2.75, 3.05) is 11.9 Å². The van der Waals surface area contributed by atoms with Gasteiger partial charge in [-0.05, 0) is 55.3 Å². The summed E-state index contributed by atoms with van der Waals surface area (Å²) < 4.78 is 13.5. The Bertz CT molecular complexity index is 611. The molecule has 112 valence electrons. The minimum Gasteiger partial charge on any atom is -0.368 e. The van der Waals surface area contributed by atoms with E-state index < -0.39 is 0 Å². The summed E-state index contributed by atoms with van der Waals surface area (Å²) in [5.74, 6) is -0.265. The average molecular weight is 307 g/mol. The van der Waals surface area contributed by atoms with Crippen molar-refractivity contribution in [2.45, 2.75) is 25.9 Å². The SMILES string of the molecule is CC(c1ccc(Cl)cc1)N(C)c1ccc(F)cc1[C@H](C)N. The molecular weight excluding hydrogens is 287 g/mol. The van der Waals surface area contributed by atoms with Crippen molar-refractivity contribution >= 4 is 17.3 Å². The molecule has 2 N–H and O–H groups in total. The monoisotopic (exact) mass is 306 g/mol. The second-order valence-electron chi connectivity index (χ2n) is 5.33. The van der Waals surface area contributed by atoms with E-state index >= 15 is 0 Å². The summed E-state index contributed by atoms with van der Waals surface area (Å²) in [5.41, 5.74) is 8.85. The van der Waals surface area contributed by atoms with E-state index in [0.29, 0.717) is 5.02 Å². The van der Waals surface area contributed by atoms with Gasteiger partial charge in [0.05, 0.1) is 6.04 Å². The van der Waals surface area contributed by atoms with Gasteiger partial charge in [0.25, 0.3) is 0 Å². The Kier molecular flexibility index (Phi) is 4.86. The first-order chi connectivity index (χ1) is 9.90. The Morgan fingerprint density at radius 3 is 2.29 bits per heavy atom. The topological polar surface area (TPSA) is 29.3 Å². The van der Waals surface area contributed by atoms with E-state index in [-0.39, 0.29) is 17.9 Å². The zero-order valence-corrected chi connectivity index (χ0v) is 13.2. The fourth-order valence-electron chi connectivity index (χ4n) is 2.38. The standard InChI is InChI=1S/C17H20ClFN2/c1-11(20)16-10-15(19)8-9-17(16)21(3)12(2)13-4-6-14(18)7-5-13/h4-12H,20H2,1-3H3/t11-,12?/m0/s1. The van der Waals surface area contributed by atoms with Crippen LogP contribution in [0.3, 0.4) is 0 Å². The number of nitrogens with zero attached hydrogens (tertiary/aromatic N) is 1. The number of anilines is 1. The first kappa shape index (κ1) is 15.8. The van der Waals surface area contributed by atoms with Crippen molar-refractivity contribution < 1.29 is 4.39 Å². The van der Waals surface area contributed by atoms with Crippen LogP contribution in [0.1, 0.15) is 37.1 Å². The van der Waals surface area contributed by atoms with Crippen molar-refractivity contribution in [1.82, 2.24) is 0 Å². The fraction of sp³-hybridized carbons (Fsp3) is 0.294. The number of rotatable bonds is 4. The van der Waals surface area contributed by atoms with Gasteiger partial charge in [-0.1, -0.05) is 23.7 Å². The van der Waals surface area contributed by atoms with Crippen LogP contribution in [-0.4, -0.2) is 7.05 Å². The molecule has 0 aliphatic carbocycles. The molecule has 2 nitrogen and oxygen atoms in total. The molecule has 0 spiro atoms. The van der Waals surface area contributed by atoms with Crippen LogP contribution < -0.4 is 10.6 Å². The van der Waals surface area contributed by atoms with E-state index in [2.05, 4.69) is 11.8 Å². The van der Waals surface area contributed by atoms with E-state index in [1.807, 2.05) is 38.2 Å². The van der Waals surface area contributed by atoms with Gasteiger partial charge in [-0.15, -0.1) is 0 Å². The van der Waals surface area contributed by atoms with Crippen molar-refractivity contribution in [3.8, 4) is 0 Å². The Labute approximate surface area is 130 Å². The van der Waals surface area contributed by atoms with Crippen molar-refractivity contribution in [3.63, 3.8) is 0 Å². The number of hydrogen-bond donors (Lipinski definition) is 1. The number of hydrogen-bond acceptors (Lipinski definition) is 2. The van der Waals surface area contributed by atoms with Crippen LogP contribution in [0.25, 0.3) is 0 Å². The van der Waals surface area contributed by atoms with Gasteiger partial charge in [0, 0.05) is 23.8 Å². The van der Waals surface area contributed by atoms with Gasteiger partial charge in [-0.25, -0.2) is 4.39 Å². The fourth-order valence-corrected chi connectivity index (χ4v) is 2.51. The van der Waals surface area contributed by atoms with Crippen LogP contribution in [-0.2, 0) is 0 Å². The molecule has 0 aliphatic heterocycles. The van der Waals surface area contributed by atoms with Gasteiger partial charge in [0.2, 0.25) is 0 Å². The van der Waals surface area contributed by atoms with Crippen molar-refractivity contribution in [1.29, 1.82) is 0 Å². The molecule has 2 atom stereocenters. The second-order valence-corrected chi connectivity index (χ2v) is 5.77. The average Bonchev–Trinajstić information content (AvgIpc) is 2.46. The molecule has 0 heterocycles. The largest absolute Gasteiger partial charge is 0.368 e. The first-order valence-corrected chi connectivity index (χ1v) is 7.31. The van der Waals surface area contributed by atoms with Gasteiger partial charge in [-0.3, -0.25) is 0 Å². The van der Waals surface area contributed by atoms with E-state index in [1.54, 1.807) is 6.07 Å². The quantitative estimate of drug-likeness (QED) is 0.887. The Morgan fingerprint density at radius 2 is 1.71 bits per heavy atom. The normalized spacial score (nSPS) is 13.8. The first-order valence-electron chi connectivity index (χ1n) is 6.93. The Balaban J connectivity index is 2.35. The minimum absolute atomic E-state index is 0.130. The van der Waals surface area contributed by atoms with Crippen LogP contribution in [0.5, 0.6) is 0 Å². The summed E-state index contributed by atoms with van der Waals surface area (Å²) in [4.78, 5) is 2.10. The zero-order chi connectivity index (χ0) is 15.6. The Hall–Kier alpha value is -1.58. The number of halogens is 2. The van der Waals surface area contributed by atoms with Crippen LogP contribution in [0.2, 0.25) is 5.02 Å². The van der Waals surface area contributed by atoms with Crippen LogP contribution >= 0.6 is 11.6 Å². The summed E-state index contributed by atoms with van der Waals surface area (Å²) in [6.07, 6.45) is 0. The van der Waals surface area contributed by atoms with Crippen LogP contribution in [0, 0.1) is 5.82 Å². The lowest BCUT2D eigenvalue weighted by molar-refractivity contribution is 0.620. The molecule has 2 rings (SSSR count). The maximum atomic E-state index is 13.5. The molecular formula is C17H20ClFN2. The predicted octanol–water partition coefficient (Wildman–Crippen LogP) is 4.70. The van der Waals surface area contributed by atoms with Gasteiger partial charge in [0.15, 0.2) is 0 Å². The minimum atomic E-state index is -0.265. The molecule has 0 saturated carbocycles. The summed E-state index contributed by atoms with van der Waals surface area (Å²) in [5, 5.41) is 0.714. The highest BCUT2D eigenvalue weighted by molar-refractivity contribution is 6.30. The molecule has 0 radical (unpaired) electrons. The molecule has 0 aromatic heterocycles. The number of benzene rings is 2. The maximum absolute atomic E-state index is 13.5. The van der Waals surface area contributed by atoms with Crippen LogP contribution in [0.4, 0.5) is 10.1 Å². The lowest BCUT2D eigenvalue weighted by Crippen LogP contribution is -2.24. The second kappa shape index (κ2) is 6.46. The third-order valence-electron chi connectivity index (χ3n) is 3.79. The lowest BCUT2D eigenvalue weighted by atomic mass is 10.0. The molecule has 0 aliphatic rings.